The lowest BCUT2D eigenvalue weighted by Gasteiger charge is -2.00. The van der Waals surface area contributed by atoms with Crippen molar-refractivity contribution in [2.75, 3.05) is 0 Å². The zero-order valence-corrected chi connectivity index (χ0v) is 13.9. The number of nitrogens with zero attached hydrogens (tertiary/aromatic N) is 3. The molecule has 2 atom stereocenters. The fraction of sp³-hybridized carbons (Fsp3) is 0.250. The van der Waals surface area contributed by atoms with Gasteiger partial charge in [-0.2, -0.15) is 4.98 Å². The highest BCUT2D eigenvalue weighted by Crippen LogP contribution is 2.34. The van der Waals surface area contributed by atoms with E-state index in [4.69, 9.17) is 4.52 Å². The van der Waals surface area contributed by atoms with Crippen LogP contribution in [0.15, 0.2) is 47.1 Å². The number of aliphatic hydroxyl groups excluding tert-OH is 1. The van der Waals surface area contributed by atoms with Gasteiger partial charge in [-0.15, -0.1) is 0 Å². The maximum absolute atomic E-state index is 13.2. The van der Waals surface area contributed by atoms with Crippen LogP contribution in [0, 0.1) is 17.7 Å². The summed E-state index contributed by atoms with van der Waals surface area (Å²) in [5, 5.41) is 13.6. The minimum absolute atomic E-state index is 0.114. The standard InChI is InChI=1S/C20H16FN3O2/c21-16-3-1-2-13(10-16)4-5-14-6-9-18(22-12-14)19-23-20(26-24-19)15-7-8-17(25)11-15/h1-3,6,9-10,12,15,17,25H,7-8,11H2/t15-,17+/m1/s1. The lowest BCUT2D eigenvalue weighted by atomic mass is 10.1. The minimum Gasteiger partial charge on any atom is -0.393 e. The summed E-state index contributed by atoms with van der Waals surface area (Å²) in [5.74, 6) is 6.63. The molecule has 1 fully saturated rings. The maximum Gasteiger partial charge on any atom is 0.230 e. The molecule has 4 rings (SSSR count). The lowest BCUT2D eigenvalue weighted by molar-refractivity contribution is 0.179. The Kier molecular flexibility index (Phi) is 4.46. The van der Waals surface area contributed by atoms with Gasteiger partial charge >= 0.3 is 0 Å². The normalized spacial score (nSPS) is 19.2. The minimum atomic E-state index is -0.312. The molecular formula is C20H16FN3O2. The van der Waals surface area contributed by atoms with Crippen LogP contribution < -0.4 is 0 Å². The van der Waals surface area contributed by atoms with E-state index in [-0.39, 0.29) is 17.8 Å². The van der Waals surface area contributed by atoms with Crippen molar-refractivity contribution >= 4 is 0 Å². The van der Waals surface area contributed by atoms with Gasteiger partial charge in [0.1, 0.15) is 11.5 Å². The van der Waals surface area contributed by atoms with Crippen LogP contribution in [0.5, 0.6) is 0 Å². The first-order chi connectivity index (χ1) is 12.7. The molecule has 2 aromatic heterocycles. The van der Waals surface area contributed by atoms with Crippen molar-refractivity contribution in [3.05, 3.63) is 65.4 Å². The summed E-state index contributed by atoms with van der Waals surface area (Å²) in [6.45, 7) is 0. The summed E-state index contributed by atoms with van der Waals surface area (Å²) in [6, 6.07) is 9.72. The number of pyridine rings is 1. The van der Waals surface area contributed by atoms with Crippen molar-refractivity contribution in [1.82, 2.24) is 15.1 Å². The molecule has 0 bridgehead atoms. The van der Waals surface area contributed by atoms with E-state index >= 15 is 0 Å². The van der Waals surface area contributed by atoms with Crippen molar-refractivity contribution in [3.63, 3.8) is 0 Å². The first kappa shape index (κ1) is 16.4. The highest BCUT2D eigenvalue weighted by atomic mass is 19.1. The summed E-state index contributed by atoms with van der Waals surface area (Å²) in [5.41, 5.74) is 1.91. The third-order valence-electron chi connectivity index (χ3n) is 4.36. The first-order valence-electron chi connectivity index (χ1n) is 8.43. The molecule has 5 nitrogen and oxygen atoms in total. The maximum atomic E-state index is 13.2. The van der Waals surface area contributed by atoms with Gasteiger partial charge in [-0.1, -0.05) is 23.1 Å². The van der Waals surface area contributed by atoms with Gasteiger partial charge in [-0.3, -0.25) is 4.98 Å². The quantitative estimate of drug-likeness (QED) is 0.719. The zero-order chi connectivity index (χ0) is 17.9. The number of aliphatic hydroxyl groups is 1. The molecule has 0 radical (unpaired) electrons. The first-order valence-corrected chi connectivity index (χ1v) is 8.43. The Morgan fingerprint density at radius 3 is 2.73 bits per heavy atom. The molecule has 0 amide bonds. The van der Waals surface area contributed by atoms with Crippen LogP contribution in [0.4, 0.5) is 4.39 Å². The second-order valence-corrected chi connectivity index (χ2v) is 6.31. The number of aromatic nitrogens is 3. The van der Waals surface area contributed by atoms with Crippen LogP contribution in [0.3, 0.4) is 0 Å². The SMILES string of the molecule is O[C@H]1CC[C@@H](c2nc(-c3ccc(C#Cc4cccc(F)c4)cn3)no2)C1. The van der Waals surface area contributed by atoms with Gasteiger partial charge in [0.15, 0.2) is 0 Å². The Balaban J connectivity index is 1.49. The molecule has 26 heavy (non-hydrogen) atoms. The molecule has 1 aliphatic carbocycles. The Morgan fingerprint density at radius 1 is 1.12 bits per heavy atom. The van der Waals surface area contributed by atoms with Crippen LogP contribution >= 0.6 is 0 Å². The van der Waals surface area contributed by atoms with Gasteiger partial charge in [0.25, 0.3) is 0 Å². The van der Waals surface area contributed by atoms with Crippen molar-refractivity contribution in [3.8, 4) is 23.4 Å². The molecule has 1 aromatic carbocycles. The summed E-state index contributed by atoms with van der Waals surface area (Å²) in [6.07, 6.45) is 3.61. The Labute approximate surface area is 149 Å². The van der Waals surface area contributed by atoms with E-state index in [0.717, 1.165) is 12.8 Å². The molecule has 0 saturated heterocycles. The van der Waals surface area contributed by atoms with Crippen molar-refractivity contribution in [1.29, 1.82) is 0 Å². The van der Waals surface area contributed by atoms with Crippen molar-refractivity contribution in [2.24, 2.45) is 0 Å². The highest BCUT2D eigenvalue weighted by molar-refractivity contribution is 5.51. The van der Waals surface area contributed by atoms with E-state index in [1.807, 2.05) is 6.07 Å². The molecule has 2 heterocycles. The van der Waals surface area contributed by atoms with Gasteiger partial charge in [-0.25, -0.2) is 4.39 Å². The molecule has 0 spiro atoms. The lowest BCUT2D eigenvalue weighted by Crippen LogP contribution is -1.99. The molecule has 1 N–H and O–H groups in total. The Morgan fingerprint density at radius 2 is 2.00 bits per heavy atom. The second-order valence-electron chi connectivity index (χ2n) is 6.31. The molecule has 1 aliphatic rings. The van der Waals surface area contributed by atoms with Gasteiger partial charge < -0.3 is 9.63 Å². The molecule has 0 unspecified atom stereocenters. The average molecular weight is 349 g/mol. The van der Waals surface area contributed by atoms with Gasteiger partial charge in [0.2, 0.25) is 11.7 Å². The number of halogens is 1. The van der Waals surface area contributed by atoms with Gasteiger partial charge in [0, 0.05) is 23.2 Å². The molecule has 130 valence electrons. The summed E-state index contributed by atoms with van der Waals surface area (Å²) >= 11 is 0. The summed E-state index contributed by atoms with van der Waals surface area (Å²) < 4.78 is 18.5. The van der Waals surface area contributed by atoms with Crippen LogP contribution in [0.25, 0.3) is 11.5 Å². The van der Waals surface area contributed by atoms with Crippen LogP contribution in [-0.4, -0.2) is 26.3 Å². The van der Waals surface area contributed by atoms with E-state index in [9.17, 15) is 9.50 Å². The zero-order valence-electron chi connectivity index (χ0n) is 13.9. The van der Waals surface area contributed by atoms with E-state index in [1.165, 1.54) is 12.1 Å². The third kappa shape index (κ3) is 3.63. The molecule has 6 heteroatoms. The van der Waals surface area contributed by atoms with E-state index < -0.39 is 0 Å². The summed E-state index contributed by atoms with van der Waals surface area (Å²) in [7, 11) is 0. The van der Waals surface area contributed by atoms with Gasteiger partial charge in [-0.05, 0) is 49.6 Å². The number of hydrogen-bond acceptors (Lipinski definition) is 5. The number of hydrogen-bond donors (Lipinski definition) is 1. The van der Waals surface area contributed by atoms with Crippen molar-refractivity contribution in [2.45, 2.75) is 31.3 Å². The Bertz CT molecular complexity index is 972. The molecule has 0 aliphatic heterocycles. The van der Waals surface area contributed by atoms with E-state index in [0.29, 0.717) is 35.0 Å². The number of benzene rings is 1. The number of rotatable bonds is 2. The Hall–Kier alpha value is -3.04. The molecular weight excluding hydrogens is 333 g/mol. The third-order valence-corrected chi connectivity index (χ3v) is 4.36. The molecule has 1 saturated carbocycles. The average Bonchev–Trinajstić information content (AvgIpc) is 3.29. The predicted octanol–water partition coefficient (Wildman–Crippen LogP) is 3.30. The predicted molar refractivity (Wildman–Crippen MR) is 92.5 cm³/mol. The largest absolute Gasteiger partial charge is 0.393 e. The van der Waals surface area contributed by atoms with Gasteiger partial charge in [0.05, 0.1) is 6.10 Å². The smallest absolute Gasteiger partial charge is 0.230 e. The van der Waals surface area contributed by atoms with Crippen molar-refractivity contribution < 1.29 is 14.0 Å². The van der Waals surface area contributed by atoms with E-state index in [2.05, 4.69) is 27.0 Å². The van der Waals surface area contributed by atoms with E-state index in [1.54, 1.807) is 24.4 Å². The van der Waals surface area contributed by atoms with Crippen LogP contribution in [0.1, 0.15) is 42.2 Å². The fourth-order valence-corrected chi connectivity index (χ4v) is 3.00. The fourth-order valence-electron chi connectivity index (χ4n) is 3.00. The topological polar surface area (TPSA) is 72.0 Å². The monoisotopic (exact) mass is 349 g/mol. The molecule has 3 aromatic rings. The van der Waals surface area contributed by atoms with Crippen LogP contribution in [0.2, 0.25) is 0 Å². The van der Waals surface area contributed by atoms with Crippen LogP contribution in [-0.2, 0) is 0 Å². The second kappa shape index (κ2) is 7.06. The highest BCUT2D eigenvalue weighted by Gasteiger charge is 2.28. The summed E-state index contributed by atoms with van der Waals surface area (Å²) in [4.78, 5) is 8.72.